The van der Waals surface area contributed by atoms with Gasteiger partial charge in [0.1, 0.15) is 0 Å². The number of hydrogen-bond donors (Lipinski definition) is 0. The van der Waals surface area contributed by atoms with Gasteiger partial charge in [-0.15, -0.1) is 0 Å². The summed E-state index contributed by atoms with van der Waals surface area (Å²) in [4.78, 5) is 0. The summed E-state index contributed by atoms with van der Waals surface area (Å²) in [6.07, 6.45) is 14.4. The van der Waals surface area contributed by atoms with Crippen LogP contribution in [-0.4, -0.2) is 12.0 Å². The molecule has 0 nitrogen and oxygen atoms in total. The molecule has 0 rings (SSSR count). The minimum atomic E-state index is 0.169. The summed E-state index contributed by atoms with van der Waals surface area (Å²) in [6.45, 7) is 8.65. The zero-order valence-electron chi connectivity index (χ0n) is 10.7. The van der Waals surface area contributed by atoms with Crippen LogP contribution < -0.4 is 0 Å². The Kier molecular flexibility index (Phi) is 7.59. The van der Waals surface area contributed by atoms with Crippen LogP contribution >= 0.6 is 11.8 Å². The molecule has 0 amide bonds. The summed E-state index contributed by atoms with van der Waals surface area (Å²) in [5.41, 5.74) is 1.61. The van der Waals surface area contributed by atoms with Crippen molar-refractivity contribution in [3.8, 4) is 0 Å². The van der Waals surface area contributed by atoms with E-state index in [-0.39, 0.29) is 5.41 Å². The highest BCUT2D eigenvalue weighted by molar-refractivity contribution is 7.98. The van der Waals surface area contributed by atoms with Gasteiger partial charge in [0, 0.05) is 5.41 Å². The molecule has 15 heavy (non-hydrogen) atoms. The third-order valence-corrected chi connectivity index (χ3v) is 2.74. The summed E-state index contributed by atoms with van der Waals surface area (Å²) in [7, 11) is 0. The summed E-state index contributed by atoms with van der Waals surface area (Å²) >= 11 is 1.90. The predicted octanol–water partition coefficient (Wildman–Crippen LogP) is 4.84. The first kappa shape index (κ1) is 14.6. The molecular formula is C14H24S. The van der Waals surface area contributed by atoms with Crippen molar-refractivity contribution in [1.29, 1.82) is 0 Å². The lowest BCUT2D eigenvalue weighted by Gasteiger charge is -2.16. The SMILES string of the molecule is C/C=C\C(=C/C(C)(C)/C=C\C)CCSC. The van der Waals surface area contributed by atoms with Crippen molar-refractivity contribution in [2.75, 3.05) is 12.0 Å². The van der Waals surface area contributed by atoms with Gasteiger partial charge in [-0.2, -0.15) is 11.8 Å². The quantitative estimate of drug-likeness (QED) is 0.459. The smallest absolute Gasteiger partial charge is 0.00101 e. The molecule has 0 fully saturated rings. The van der Waals surface area contributed by atoms with Gasteiger partial charge in [0.15, 0.2) is 0 Å². The zero-order valence-corrected chi connectivity index (χ0v) is 11.5. The van der Waals surface area contributed by atoms with Crippen molar-refractivity contribution >= 4 is 11.8 Å². The highest BCUT2D eigenvalue weighted by atomic mass is 32.2. The minimum absolute atomic E-state index is 0.169. The molecule has 0 saturated carbocycles. The number of rotatable bonds is 6. The highest BCUT2D eigenvalue weighted by Gasteiger charge is 2.09. The van der Waals surface area contributed by atoms with E-state index in [1.165, 1.54) is 11.3 Å². The Morgan fingerprint density at radius 1 is 1.20 bits per heavy atom. The fourth-order valence-corrected chi connectivity index (χ4v) is 2.03. The van der Waals surface area contributed by atoms with E-state index in [9.17, 15) is 0 Å². The average molecular weight is 224 g/mol. The normalized spacial score (nSPS) is 14.3. The topological polar surface area (TPSA) is 0 Å². The van der Waals surface area contributed by atoms with E-state index in [0.717, 1.165) is 6.42 Å². The first-order valence-corrected chi connectivity index (χ1v) is 6.92. The van der Waals surface area contributed by atoms with Crippen LogP contribution in [-0.2, 0) is 0 Å². The maximum atomic E-state index is 2.36. The van der Waals surface area contributed by atoms with Crippen molar-refractivity contribution in [3.05, 3.63) is 36.0 Å². The van der Waals surface area contributed by atoms with Gasteiger partial charge in [-0.25, -0.2) is 0 Å². The Morgan fingerprint density at radius 2 is 1.87 bits per heavy atom. The Balaban J connectivity index is 4.65. The Bertz CT molecular complexity index is 244. The van der Waals surface area contributed by atoms with Gasteiger partial charge in [-0.1, -0.05) is 49.8 Å². The molecule has 0 atom stereocenters. The van der Waals surface area contributed by atoms with Crippen LogP contribution in [0.1, 0.15) is 34.1 Å². The van der Waals surface area contributed by atoms with E-state index >= 15 is 0 Å². The first-order chi connectivity index (χ1) is 7.05. The van der Waals surface area contributed by atoms with Crippen LogP contribution in [0.3, 0.4) is 0 Å². The molecule has 0 heterocycles. The van der Waals surface area contributed by atoms with E-state index < -0.39 is 0 Å². The second kappa shape index (κ2) is 7.81. The lowest BCUT2D eigenvalue weighted by Crippen LogP contribution is -2.04. The molecule has 0 bridgehead atoms. The molecule has 0 spiro atoms. The molecule has 0 saturated heterocycles. The van der Waals surface area contributed by atoms with Crippen LogP contribution in [0.25, 0.3) is 0 Å². The standard InChI is InChI=1S/C14H24S/c1-6-8-13(9-11-15-5)12-14(3,4)10-7-2/h6-8,10,12H,9,11H2,1-5H3/b8-6-,10-7-,13-12+. The summed E-state index contributed by atoms with van der Waals surface area (Å²) in [6, 6.07) is 0. The van der Waals surface area contributed by atoms with Crippen LogP contribution in [0.2, 0.25) is 0 Å². The number of hydrogen-bond acceptors (Lipinski definition) is 1. The third kappa shape index (κ3) is 7.49. The lowest BCUT2D eigenvalue weighted by atomic mass is 9.89. The van der Waals surface area contributed by atoms with Crippen LogP contribution in [0, 0.1) is 5.41 Å². The summed E-state index contributed by atoms with van der Waals surface area (Å²) < 4.78 is 0. The van der Waals surface area contributed by atoms with Crippen LogP contribution in [0.15, 0.2) is 36.0 Å². The molecule has 0 unspecified atom stereocenters. The Hall–Kier alpha value is -0.430. The lowest BCUT2D eigenvalue weighted by molar-refractivity contribution is 0.619. The molecule has 0 aliphatic rings. The van der Waals surface area contributed by atoms with E-state index in [2.05, 4.69) is 64.3 Å². The number of thioether (sulfide) groups is 1. The molecule has 0 radical (unpaired) electrons. The van der Waals surface area contributed by atoms with Crippen molar-refractivity contribution in [2.24, 2.45) is 5.41 Å². The maximum absolute atomic E-state index is 2.36. The monoisotopic (exact) mass is 224 g/mol. The van der Waals surface area contributed by atoms with Crippen molar-refractivity contribution in [2.45, 2.75) is 34.1 Å². The second-order valence-corrected chi connectivity index (χ2v) is 5.27. The average Bonchev–Trinajstić information content (AvgIpc) is 2.14. The molecule has 86 valence electrons. The molecule has 0 aliphatic carbocycles. The Labute approximate surface area is 99.5 Å². The summed E-state index contributed by atoms with van der Waals surface area (Å²) in [5.74, 6) is 1.20. The van der Waals surface area contributed by atoms with E-state index in [1.54, 1.807) is 0 Å². The molecular weight excluding hydrogens is 200 g/mol. The first-order valence-electron chi connectivity index (χ1n) is 5.53. The van der Waals surface area contributed by atoms with Gasteiger partial charge in [-0.05, 0) is 32.3 Å². The molecule has 0 N–H and O–H groups in total. The van der Waals surface area contributed by atoms with Gasteiger partial charge in [0.25, 0.3) is 0 Å². The predicted molar refractivity (Wildman–Crippen MR) is 74.5 cm³/mol. The van der Waals surface area contributed by atoms with Crippen molar-refractivity contribution < 1.29 is 0 Å². The molecule has 0 aromatic carbocycles. The number of allylic oxidation sites excluding steroid dienone is 6. The Morgan fingerprint density at radius 3 is 2.33 bits per heavy atom. The van der Waals surface area contributed by atoms with E-state index in [1.807, 2.05) is 11.8 Å². The fraction of sp³-hybridized carbons (Fsp3) is 0.571. The zero-order chi connectivity index (χ0) is 11.7. The fourth-order valence-electron chi connectivity index (χ4n) is 1.59. The van der Waals surface area contributed by atoms with E-state index in [0.29, 0.717) is 0 Å². The van der Waals surface area contributed by atoms with Gasteiger partial charge in [0.2, 0.25) is 0 Å². The van der Waals surface area contributed by atoms with Crippen molar-refractivity contribution in [3.63, 3.8) is 0 Å². The highest BCUT2D eigenvalue weighted by Crippen LogP contribution is 2.23. The van der Waals surface area contributed by atoms with Gasteiger partial charge >= 0.3 is 0 Å². The van der Waals surface area contributed by atoms with Crippen LogP contribution in [0.4, 0.5) is 0 Å². The third-order valence-electron chi connectivity index (χ3n) is 2.13. The molecule has 0 aromatic rings. The van der Waals surface area contributed by atoms with Gasteiger partial charge in [-0.3, -0.25) is 0 Å². The summed E-state index contributed by atoms with van der Waals surface area (Å²) in [5, 5.41) is 0. The van der Waals surface area contributed by atoms with Crippen LogP contribution in [0.5, 0.6) is 0 Å². The second-order valence-electron chi connectivity index (χ2n) is 4.28. The van der Waals surface area contributed by atoms with Gasteiger partial charge < -0.3 is 0 Å². The molecule has 0 aliphatic heterocycles. The van der Waals surface area contributed by atoms with Crippen molar-refractivity contribution in [1.82, 2.24) is 0 Å². The molecule has 1 heteroatoms. The van der Waals surface area contributed by atoms with E-state index in [4.69, 9.17) is 0 Å². The minimum Gasteiger partial charge on any atom is -0.165 e. The molecule has 0 aromatic heterocycles. The largest absolute Gasteiger partial charge is 0.165 e. The maximum Gasteiger partial charge on any atom is 0.00101 e. The van der Waals surface area contributed by atoms with Gasteiger partial charge in [0.05, 0.1) is 0 Å².